The molecule has 0 N–H and O–H groups in total. The Bertz CT molecular complexity index is 289. The first-order valence-electron chi connectivity index (χ1n) is 4.80. The van der Waals surface area contributed by atoms with Gasteiger partial charge >= 0.3 is 0 Å². The molecule has 1 nitrogen and oxygen atoms in total. The van der Waals surface area contributed by atoms with Crippen LogP contribution in [-0.4, -0.2) is 6.29 Å². The van der Waals surface area contributed by atoms with Gasteiger partial charge in [0, 0.05) is 6.42 Å². The van der Waals surface area contributed by atoms with Gasteiger partial charge in [-0.3, -0.25) is 0 Å². The number of hydrogen-bond donors (Lipinski definition) is 0. The Morgan fingerprint density at radius 2 is 2.15 bits per heavy atom. The molecule has 0 spiro atoms. The number of carbonyl (C=O) groups excluding carboxylic acids is 1. The predicted molar refractivity (Wildman–Crippen MR) is 54.9 cm³/mol. The Kier molecular flexibility index (Phi) is 3.69. The summed E-state index contributed by atoms with van der Waals surface area (Å²) in [4.78, 5) is 10.2. The molecular weight excluding hydrogens is 160 g/mol. The van der Waals surface area contributed by atoms with Crippen LogP contribution >= 0.6 is 0 Å². The number of hydrogen-bond acceptors (Lipinski definition) is 1. The zero-order chi connectivity index (χ0) is 9.68. The summed E-state index contributed by atoms with van der Waals surface area (Å²) >= 11 is 0. The Morgan fingerprint density at radius 1 is 1.38 bits per heavy atom. The minimum atomic E-state index is 0.631. The summed E-state index contributed by atoms with van der Waals surface area (Å²) in [5.41, 5.74) is 4.01. The van der Waals surface area contributed by atoms with Crippen molar-refractivity contribution < 1.29 is 4.79 Å². The van der Waals surface area contributed by atoms with Gasteiger partial charge in [0.25, 0.3) is 0 Å². The SMILES string of the molecule is CCc1cc(CCC=O)ccc1C. The second kappa shape index (κ2) is 4.80. The minimum absolute atomic E-state index is 0.631. The molecule has 70 valence electrons. The summed E-state index contributed by atoms with van der Waals surface area (Å²) in [5, 5.41) is 0. The number of aryl methyl sites for hydroxylation is 3. The maximum atomic E-state index is 10.2. The maximum absolute atomic E-state index is 10.2. The molecule has 1 aromatic carbocycles. The summed E-state index contributed by atoms with van der Waals surface area (Å²) in [6.45, 7) is 4.29. The Balaban J connectivity index is 2.79. The van der Waals surface area contributed by atoms with Crippen LogP contribution < -0.4 is 0 Å². The topological polar surface area (TPSA) is 17.1 Å². The van der Waals surface area contributed by atoms with Crippen molar-refractivity contribution in [3.8, 4) is 0 Å². The molecule has 0 aromatic heterocycles. The fourth-order valence-electron chi connectivity index (χ4n) is 1.49. The first-order chi connectivity index (χ1) is 6.27. The standard InChI is InChI=1S/C12H16O/c1-3-12-9-11(5-4-8-13)7-6-10(12)2/h6-9H,3-5H2,1-2H3. The third kappa shape index (κ3) is 2.69. The van der Waals surface area contributed by atoms with Crippen LogP contribution in [0.15, 0.2) is 18.2 Å². The van der Waals surface area contributed by atoms with Gasteiger partial charge in [-0.15, -0.1) is 0 Å². The Labute approximate surface area is 79.8 Å². The fourth-order valence-corrected chi connectivity index (χ4v) is 1.49. The minimum Gasteiger partial charge on any atom is -0.303 e. The summed E-state index contributed by atoms with van der Waals surface area (Å²) in [7, 11) is 0. The molecule has 0 amide bonds. The number of carbonyl (C=O) groups is 1. The van der Waals surface area contributed by atoms with Gasteiger partial charge in [-0.1, -0.05) is 25.1 Å². The second-order valence-electron chi connectivity index (χ2n) is 3.32. The quantitative estimate of drug-likeness (QED) is 0.645. The number of aldehydes is 1. The highest BCUT2D eigenvalue weighted by atomic mass is 16.1. The smallest absolute Gasteiger partial charge is 0.120 e. The molecule has 0 saturated heterocycles. The molecule has 0 saturated carbocycles. The van der Waals surface area contributed by atoms with Crippen LogP contribution in [0.1, 0.15) is 30.0 Å². The third-order valence-corrected chi connectivity index (χ3v) is 2.35. The molecule has 0 aliphatic heterocycles. The van der Waals surface area contributed by atoms with Crippen LogP contribution in [-0.2, 0) is 17.6 Å². The van der Waals surface area contributed by atoms with Crippen molar-refractivity contribution in [3.05, 3.63) is 34.9 Å². The summed E-state index contributed by atoms with van der Waals surface area (Å²) < 4.78 is 0. The molecule has 0 unspecified atom stereocenters. The van der Waals surface area contributed by atoms with Gasteiger partial charge < -0.3 is 4.79 Å². The average molecular weight is 176 g/mol. The lowest BCUT2D eigenvalue weighted by molar-refractivity contribution is -0.107. The molecular formula is C12H16O. The van der Waals surface area contributed by atoms with E-state index in [9.17, 15) is 4.79 Å². The third-order valence-electron chi connectivity index (χ3n) is 2.35. The lowest BCUT2D eigenvalue weighted by atomic mass is 10.0. The van der Waals surface area contributed by atoms with E-state index in [2.05, 4.69) is 32.0 Å². The van der Waals surface area contributed by atoms with E-state index in [0.29, 0.717) is 6.42 Å². The normalized spacial score (nSPS) is 10.0. The zero-order valence-electron chi connectivity index (χ0n) is 8.34. The molecule has 1 heteroatoms. The van der Waals surface area contributed by atoms with Crippen LogP contribution in [0.3, 0.4) is 0 Å². The largest absolute Gasteiger partial charge is 0.303 e. The van der Waals surface area contributed by atoms with E-state index in [-0.39, 0.29) is 0 Å². The zero-order valence-corrected chi connectivity index (χ0v) is 8.34. The Hall–Kier alpha value is -1.11. The first-order valence-corrected chi connectivity index (χ1v) is 4.80. The van der Waals surface area contributed by atoms with E-state index >= 15 is 0 Å². The van der Waals surface area contributed by atoms with Crippen molar-refractivity contribution in [2.24, 2.45) is 0 Å². The van der Waals surface area contributed by atoms with Crippen molar-refractivity contribution in [2.45, 2.75) is 33.1 Å². The summed E-state index contributed by atoms with van der Waals surface area (Å²) in [6.07, 6.45) is 3.55. The molecule has 1 aromatic rings. The number of benzene rings is 1. The predicted octanol–water partition coefficient (Wildman–Crippen LogP) is 2.69. The molecule has 0 fully saturated rings. The van der Waals surface area contributed by atoms with Crippen molar-refractivity contribution >= 4 is 6.29 Å². The summed E-state index contributed by atoms with van der Waals surface area (Å²) in [5.74, 6) is 0. The van der Waals surface area contributed by atoms with E-state index in [1.807, 2.05) is 0 Å². The number of rotatable bonds is 4. The van der Waals surface area contributed by atoms with Crippen LogP contribution in [0.25, 0.3) is 0 Å². The van der Waals surface area contributed by atoms with Gasteiger partial charge in [-0.05, 0) is 36.5 Å². The van der Waals surface area contributed by atoms with Crippen molar-refractivity contribution in [2.75, 3.05) is 0 Å². The van der Waals surface area contributed by atoms with Crippen molar-refractivity contribution in [3.63, 3.8) is 0 Å². The van der Waals surface area contributed by atoms with Gasteiger partial charge in [0.05, 0.1) is 0 Å². The van der Waals surface area contributed by atoms with Gasteiger partial charge in [-0.2, -0.15) is 0 Å². The average Bonchev–Trinajstić information content (AvgIpc) is 2.16. The summed E-state index contributed by atoms with van der Waals surface area (Å²) in [6, 6.07) is 6.45. The molecule has 0 heterocycles. The fraction of sp³-hybridized carbons (Fsp3) is 0.417. The lowest BCUT2D eigenvalue weighted by Gasteiger charge is -2.05. The van der Waals surface area contributed by atoms with E-state index in [1.165, 1.54) is 16.7 Å². The highest BCUT2D eigenvalue weighted by Crippen LogP contribution is 2.12. The molecule has 0 radical (unpaired) electrons. The Morgan fingerprint density at radius 3 is 2.77 bits per heavy atom. The van der Waals surface area contributed by atoms with Gasteiger partial charge in [0.1, 0.15) is 6.29 Å². The first kappa shape index (κ1) is 9.97. The van der Waals surface area contributed by atoms with E-state index in [1.54, 1.807) is 0 Å². The van der Waals surface area contributed by atoms with Crippen LogP contribution in [0.5, 0.6) is 0 Å². The van der Waals surface area contributed by atoms with E-state index in [0.717, 1.165) is 19.1 Å². The maximum Gasteiger partial charge on any atom is 0.120 e. The molecule has 1 rings (SSSR count). The van der Waals surface area contributed by atoms with Gasteiger partial charge in [0.15, 0.2) is 0 Å². The molecule has 13 heavy (non-hydrogen) atoms. The van der Waals surface area contributed by atoms with Crippen LogP contribution in [0.4, 0.5) is 0 Å². The molecule has 0 aliphatic rings. The lowest BCUT2D eigenvalue weighted by Crippen LogP contribution is -1.91. The van der Waals surface area contributed by atoms with E-state index in [4.69, 9.17) is 0 Å². The monoisotopic (exact) mass is 176 g/mol. The van der Waals surface area contributed by atoms with Gasteiger partial charge in [-0.25, -0.2) is 0 Å². The van der Waals surface area contributed by atoms with Crippen molar-refractivity contribution in [1.29, 1.82) is 0 Å². The van der Waals surface area contributed by atoms with E-state index < -0.39 is 0 Å². The molecule has 0 bridgehead atoms. The van der Waals surface area contributed by atoms with Crippen molar-refractivity contribution in [1.82, 2.24) is 0 Å². The molecule has 0 aliphatic carbocycles. The van der Waals surface area contributed by atoms with Crippen LogP contribution in [0, 0.1) is 6.92 Å². The van der Waals surface area contributed by atoms with Crippen LogP contribution in [0.2, 0.25) is 0 Å². The highest BCUT2D eigenvalue weighted by molar-refractivity contribution is 5.50. The molecule has 0 atom stereocenters. The highest BCUT2D eigenvalue weighted by Gasteiger charge is 1.97. The second-order valence-corrected chi connectivity index (χ2v) is 3.32. The van der Waals surface area contributed by atoms with Gasteiger partial charge in [0.2, 0.25) is 0 Å².